The lowest BCUT2D eigenvalue weighted by Crippen LogP contribution is -2.26. The molecule has 6 nitrogen and oxygen atoms in total. The molecule has 28 heavy (non-hydrogen) atoms. The van der Waals surface area contributed by atoms with E-state index in [1.807, 2.05) is 29.2 Å². The van der Waals surface area contributed by atoms with Gasteiger partial charge in [-0.25, -0.2) is 0 Å². The molecular weight excluding hydrogens is 358 g/mol. The van der Waals surface area contributed by atoms with Gasteiger partial charge in [0.15, 0.2) is 6.79 Å². The Labute approximate surface area is 165 Å². The number of methoxy groups -OCH3 is 3. The minimum absolute atomic E-state index is 0.0281. The molecule has 1 amide bonds. The quantitative estimate of drug-likeness (QED) is 0.620. The fourth-order valence-corrected chi connectivity index (χ4v) is 3.36. The Morgan fingerprint density at radius 3 is 2.50 bits per heavy atom. The number of hydrogen-bond donors (Lipinski definition) is 0. The summed E-state index contributed by atoms with van der Waals surface area (Å²) in [5, 5.41) is 0. The van der Waals surface area contributed by atoms with Gasteiger partial charge in [0.1, 0.15) is 17.2 Å². The van der Waals surface area contributed by atoms with E-state index in [1.54, 1.807) is 33.5 Å². The van der Waals surface area contributed by atoms with E-state index in [0.29, 0.717) is 30.2 Å². The Kier molecular flexibility index (Phi) is 6.21. The van der Waals surface area contributed by atoms with Crippen LogP contribution in [0.25, 0.3) is 6.08 Å². The van der Waals surface area contributed by atoms with Crippen LogP contribution in [0.4, 0.5) is 0 Å². The van der Waals surface area contributed by atoms with Crippen molar-refractivity contribution in [2.24, 2.45) is 0 Å². The molecule has 0 bridgehead atoms. The van der Waals surface area contributed by atoms with Crippen LogP contribution in [0, 0.1) is 0 Å². The highest BCUT2D eigenvalue weighted by atomic mass is 16.7. The number of ether oxygens (including phenoxy) is 4. The second-order valence-electron chi connectivity index (χ2n) is 6.43. The maximum absolute atomic E-state index is 12.9. The molecule has 0 radical (unpaired) electrons. The first-order valence-corrected chi connectivity index (χ1v) is 9.03. The Balaban J connectivity index is 1.83. The van der Waals surface area contributed by atoms with E-state index in [1.165, 1.54) is 0 Å². The molecule has 6 heteroatoms. The van der Waals surface area contributed by atoms with E-state index in [4.69, 9.17) is 18.9 Å². The van der Waals surface area contributed by atoms with Gasteiger partial charge in [0.05, 0.1) is 31.9 Å². The number of hydrogen-bond acceptors (Lipinski definition) is 5. The molecule has 0 saturated heterocycles. The first-order chi connectivity index (χ1) is 13.6. The van der Waals surface area contributed by atoms with Crippen LogP contribution < -0.4 is 14.2 Å². The third-order valence-corrected chi connectivity index (χ3v) is 4.83. The summed E-state index contributed by atoms with van der Waals surface area (Å²) in [5.74, 6) is 1.94. The van der Waals surface area contributed by atoms with Gasteiger partial charge in [-0.3, -0.25) is 4.79 Å². The highest BCUT2D eigenvalue weighted by molar-refractivity contribution is 6.00. The van der Waals surface area contributed by atoms with Crippen LogP contribution in [0.2, 0.25) is 0 Å². The van der Waals surface area contributed by atoms with Crippen LogP contribution in [0.3, 0.4) is 0 Å². The minimum Gasteiger partial charge on any atom is -0.497 e. The Morgan fingerprint density at radius 2 is 1.89 bits per heavy atom. The smallest absolute Gasteiger partial charge is 0.254 e. The van der Waals surface area contributed by atoms with Crippen LogP contribution >= 0.6 is 0 Å². The molecule has 0 fully saturated rings. The molecule has 0 aromatic heterocycles. The molecule has 1 aliphatic rings. The van der Waals surface area contributed by atoms with E-state index >= 15 is 0 Å². The van der Waals surface area contributed by atoms with Crippen LogP contribution in [-0.4, -0.2) is 45.5 Å². The zero-order valence-corrected chi connectivity index (χ0v) is 16.5. The van der Waals surface area contributed by atoms with E-state index < -0.39 is 0 Å². The molecular formula is C22H25NO5. The van der Waals surface area contributed by atoms with Gasteiger partial charge in [-0.2, -0.15) is 0 Å². The minimum atomic E-state index is -0.0281. The summed E-state index contributed by atoms with van der Waals surface area (Å²) < 4.78 is 21.5. The van der Waals surface area contributed by atoms with Gasteiger partial charge in [0.2, 0.25) is 0 Å². The number of carbonyl (C=O) groups is 1. The van der Waals surface area contributed by atoms with Crippen molar-refractivity contribution in [2.45, 2.75) is 13.0 Å². The van der Waals surface area contributed by atoms with Gasteiger partial charge in [-0.1, -0.05) is 24.8 Å². The summed E-state index contributed by atoms with van der Waals surface area (Å²) >= 11 is 0. The zero-order valence-electron chi connectivity index (χ0n) is 16.5. The standard InChI is InChI=1S/C22H25NO5/c1-5-17-20(27-4)12-18-19(21(17)28-14-25-2)13-23(22(18)24)11-10-15-6-8-16(26-3)9-7-15/h5-9,12H,1,10-11,13-14H2,2-4H3. The number of amides is 1. The molecule has 2 aromatic rings. The first-order valence-electron chi connectivity index (χ1n) is 9.03. The normalized spacial score (nSPS) is 12.7. The average molecular weight is 383 g/mol. The molecule has 3 rings (SSSR count). The summed E-state index contributed by atoms with van der Waals surface area (Å²) in [4.78, 5) is 14.8. The van der Waals surface area contributed by atoms with Crippen molar-refractivity contribution in [3.8, 4) is 17.2 Å². The van der Waals surface area contributed by atoms with E-state index in [-0.39, 0.29) is 12.7 Å². The van der Waals surface area contributed by atoms with Crippen molar-refractivity contribution >= 4 is 12.0 Å². The lowest BCUT2D eigenvalue weighted by atomic mass is 10.0. The fraction of sp³-hybridized carbons (Fsp3) is 0.318. The number of rotatable bonds is 9. The maximum Gasteiger partial charge on any atom is 0.254 e. The molecule has 1 aliphatic heterocycles. The largest absolute Gasteiger partial charge is 0.497 e. The Hall–Kier alpha value is -2.99. The first kappa shape index (κ1) is 19.8. The predicted molar refractivity (Wildman–Crippen MR) is 107 cm³/mol. The topological polar surface area (TPSA) is 57.2 Å². The molecule has 0 N–H and O–H groups in total. The third-order valence-electron chi connectivity index (χ3n) is 4.83. The highest BCUT2D eigenvalue weighted by Crippen LogP contribution is 2.40. The van der Waals surface area contributed by atoms with Gasteiger partial charge in [0.25, 0.3) is 5.91 Å². The van der Waals surface area contributed by atoms with Gasteiger partial charge < -0.3 is 23.8 Å². The number of benzene rings is 2. The second-order valence-corrected chi connectivity index (χ2v) is 6.43. The van der Waals surface area contributed by atoms with Gasteiger partial charge in [0, 0.05) is 19.2 Å². The lowest BCUT2D eigenvalue weighted by molar-refractivity contribution is 0.0499. The van der Waals surface area contributed by atoms with E-state index in [2.05, 4.69) is 6.58 Å². The predicted octanol–water partition coefficient (Wildman–Crippen LogP) is 3.53. The third kappa shape index (κ3) is 3.82. The molecule has 148 valence electrons. The number of nitrogens with zero attached hydrogens (tertiary/aromatic N) is 1. The van der Waals surface area contributed by atoms with Crippen molar-refractivity contribution in [2.75, 3.05) is 34.7 Å². The Bertz CT molecular complexity index is 860. The van der Waals surface area contributed by atoms with E-state index in [0.717, 1.165) is 28.9 Å². The summed E-state index contributed by atoms with van der Waals surface area (Å²) in [6, 6.07) is 9.64. The summed E-state index contributed by atoms with van der Waals surface area (Å²) in [5.41, 5.74) is 3.31. The Morgan fingerprint density at radius 1 is 1.14 bits per heavy atom. The molecule has 0 aliphatic carbocycles. The number of carbonyl (C=O) groups excluding carboxylic acids is 1. The SMILES string of the molecule is C=Cc1c(OC)cc2c(c1OCOC)CN(CCc1ccc(OC)cc1)C2=O. The van der Waals surface area contributed by atoms with E-state index in [9.17, 15) is 4.79 Å². The molecule has 0 saturated carbocycles. The zero-order chi connectivity index (χ0) is 20.1. The van der Waals surface area contributed by atoms with Gasteiger partial charge in [-0.05, 0) is 30.2 Å². The van der Waals surface area contributed by atoms with Crippen molar-refractivity contribution in [1.82, 2.24) is 4.90 Å². The molecule has 2 aromatic carbocycles. The van der Waals surface area contributed by atoms with Gasteiger partial charge >= 0.3 is 0 Å². The highest BCUT2D eigenvalue weighted by Gasteiger charge is 2.32. The number of fused-ring (bicyclic) bond motifs is 1. The van der Waals surface area contributed by atoms with Crippen molar-refractivity contribution < 1.29 is 23.7 Å². The summed E-state index contributed by atoms with van der Waals surface area (Å²) in [6.45, 7) is 5.02. The summed E-state index contributed by atoms with van der Waals surface area (Å²) in [7, 11) is 4.76. The van der Waals surface area contributed by atoms with Crippen molar-refractivity contribution in [3.63, 3.8) is 0 Å². The molecule has 1 heterocycles. The van der Waals surface area contributed by atoms with Crippen LogP contribution in [-0.2, 0) is 17.7 Å². The van der Waals surface area contributed by atoms with Crippen molar-refractivity contribution in [3.05, 3.63) is 59.2 Å². The molecule has 0 atom stereocenters. The molecule has 0 unspecified atom stereocenters. The molecule has 0 spiro atoms. The van der Waals surface area contributed by atoms with Crippen LogP contribution in [0.15, 0.2) is 36.9 Å². The maximum atomic E-state index is 12.9. The second kappa shape index (κ2) is 8.80. The lowest BCUT2D eigenvalue weighted by Gasteiger charge is -2.16. The average Bonchev–Trinajstić information content (AvgIpc) is 3.05. The summed E-state index contributed by atoms with van der Waals surface area (Å²) in [6.07, 6.45) is 2.43. The van der Waals surface area contributed by atoms with Crippen LogP contribution in [0.5, 0.6) is 17.2 Å². The van der Waals surface area contributed by atoms with Crippen LogP contribution in [0.1, 0.15) is 27.0 Å². The van der Waals surface area contributed by atoms with Gasteiger partial charge in [-0.15, -0.1) is 0 Å². The van der Waals surface area contributed by atoms with Crippen molar-refractivity contribution in [1.29, 1.82) is 0 Å². The monoisotopic (exact) mass is 383 g/mol. The fourth-order valence-electron chi connectivity index (χ4n) is 3.36.